The molecule has 0 spiro atoms. The van der Waals surface area contributed by atoms with Crippen LogP contribution in [0.1, 0.15) is 18.2 Å². The van der Waals surface area contributed by atoms with Crippen molar-refractivity contribution >= 4 is 23.3 Å². The van der Waals surface area contributed by atoms with Gasteiger partial charge in [0, 0.05) is 43.2 Å². The Balaban J connectivity index is 1.81. The summed E-state index contributed by atoms with van der Waals surface area (Å²) in [4.78, 5) is 17.3. The zero-order valence-corrected chi connectivity index (χ0v) is 12.5. The van der Waals surface area contributed by atoms with Crippen LogP contribution in [-0.2, 0) is 4.79 Å². The molecule has 0 aliphatic carbocycles. The number of rotatable bonds is 4. The van der Waals surface area contributed by atoms with E-state index >= 15 is 0 Å². The van der Waals surface area contributed by atoms with E-state index in [1.807, 2.05) is 28.5 Å². The van der Waals surface area contributed by atoms with Gasteiger partial charge in [0.05, 0.1) is 12.5 Å². The highest BCUT2D eigenvalue weighted by molar-refractivity contribution is 7.10. The lowest BCUT2D eigenvalue weighted by atomic mass is 10.2. The second-order valence-electron chi connectivity index (χ2n) is 4.92. The van der Waals surface area contributed by atoms with E-state index in [9.17, 15) is 4.79 Å². The highest BCUT2D eigenvalue weighted by atomic mass is 32.1. The molecule has 20 heavy (non-hydrogen) atoms. The maximum absolute atomic E-state index is 12.1. The SMILES string of the molecule is CC(CC#N)N1CCN(C(=O)C=Cc2cccs2)CC1. The van der Waals surface area contributed by atoms with Crippen molar-refractivity contribution < 1.29 is 4.79 Å². The van der Waals surface area contributed by atoms with Gasteiger partial charge in [-0.25, -0.2) is 0 Å². The monoisotopic (exact) mass is 289 g/mol. The van der Waals surface area contributed by atoms with Gasteiger partial charge in [-0.05, 0) is 24.4 Å². The van der Waals surface area contributed by atoms with Gasteiger partial charge in [-0.2, -0.15) is 5.26 Å². The van der Waals surface area contributed by atoms with E-state index in [0.717, 1.165) is 31.1 Å². The molecule has 106 valence electrons. The second-order valence-corrected chi connectivity index (χ2v) is 5.90. The molecule has 1 aromatic heterocycles. The molecule has 4 nitrogen and oxygen atoms in total. The van der Waals surface area contributed by atoms with Crippen LogP contribution in [0.3, 0.4) is 0 Å². The van der Waals surface area contributed by atoms with Gasteiger partial charge in [0.2, 0.25) is 5.91 Å². The van der Waals surface area contributed by atoms with Crippen LogP contribution in [-0.4, -0.2) is 47.9 Å². The first-order chi connectivity index (χ1) is 9.70. The van der Waals surface area contributed by atoms with Crippen LogP contribution >= 0.6 is 11.3 Å². The maximum atomic E-state index is 12.1. The predicted molar refractivity (Wildman–Crippen MR) is 81.2 cm³/mol. The molecular formula is C15H19N3OS. The third-order valence-corrected chi connectivity index (χ3v) is 4.41. The molecule has 1 fully saturated rings. The van der Waals surface area contributed by atoms with Gasteiger partial charge in [0.15, 0.2) is 0 Å². The topological polar surface area (TPSA) is 47.3 Å². The zero-order chi connectivity index (χ0) is 14.4. The number of hydrogen-bond donors (Lipinski definition) is 0. The Labute approximate surface area is 123 Å². The van der Waals surface area contributed by atoms with Crippen molar-refractivity contribution in [2.24, 2.45) is 0 Å². The molecule has 1 amide bonds. The summed E-state index contributed by atoms with van der Waals surface area (Å²) in [6.07, 6.45) is 4.07. The van der Waals surface area contributed by atoms with Gasteiger partial charge in [0.25, 0.3) is 0 Å². The zero-order valence-electron chi connectivity index (χ0n) is 11.7. The lowest BCUT2D eigenvalue weighted by molar-refractivity contribution is -0.127. The number of thiophene rings is 1. The first-order valence-corrected chi connectivity index (χ1v) is 7.70. The number of carbonyl (C=O) groups excluding carboxylic acids is 1. The van der Waals surface area contributed by atoms with Crippen LogP contribution < -0.4 is 0 Å². The summed E-state index contributed by atoms with van der Waals surface area (Å²) in [7, 11) is 0. The highest BCUT2D eigenvalue weighted by Crippen LogP contribution is 2.12. The Hall–Kier alpha value is -1.64. The van der Waals surface area contributed by atoms with E-state index in [4.69, 9.17) is 5.26 Å². The molecule has 0 saturated carbocycles. The first kappa shape index (κ1) is 14.8. The van der Waals surface area contributed by atoms with Crippen molar-refractivity contribution in [1.29, 1.82) is 5.26 Å². The van der Waals surface area contributed by atoms with Crippen molar-refractivity contribution in [3.05, 3.63) is 28.5 Å². The van der Waals surface area contributed by atoms with E-state index in [2.05, 4.69) is 17.9 Å². The van der Waals surface area contributed by atoms with Crippen LogP contribution in [0.4, 0.5) is 0 Å². The Bertz CT molecular complexity index is 496. The molecule has 1 aliphatic rings. The van der Waals surface area contributed by atoms with Crippen molar-refractivity contribution in [2.45, 2.75) is 19.4 Å². The van der Waals surface area contributed by atoms with E-state index in [1.54, 1.807) is 17.4 Å². The van der Waals surface area contributed by atoms with Crippen LogP contribution in [0.2, 0.25) is 0 Å². The molecule has 1 unspecified atom stereocenters. The van der Waals surface area contributed by atoms with Crippen LogP contribution in [0.5, 0.6) is 0 Å². The molecule has 0 radical (unpaired) electrons. The van der Waals surface area contributed by atoms with Crippen molar-refractivity contribution in [1.82, 2.24) is 9.80 Å². The summed E-state index contributed by atoms with van der Waals surface area (Å²) in [6, 6.07) is 6.45. The Morgan fingerprint density at radius 1 is 1.50 bits per heavy atom. The molecule has 5 heteroatoms. The van der Waals surface area contributed by atoms with Gasteiger partial charge in [-0.15, -0.1) is 11.3 Å². The number of nitriles is 1. The number of hydrogen-bond acceptors (Lipinski definition) is 4. The van der Waals surface area contributed by atoms with Crippen molar-refractivity contribution in [3.63, 3.8) is 0 Å². The second kappa shape index (κ2) is 7.22. The first-order valence-electron chi connectivity index (χ1n) is 6.82. The molecule has 1 aromatic rings. The van der Waals surface area contributed by atoms with Crippen LogP contribution in [0, 0.1) is 11.3 Å². The predicted octanol–water partition coefficient (Wildman–Crippen LogP) is 2.21. The third kappa shape index (κ3) is 3.92. The molecule has 1 aliphatic heterocycles. The normalized spacial score (nSPS) is 18.1. The smallest absolute Gasteiger partial charge is 0.246 e. The minimum atomic E-state index is 0.0750. The van der Waals surface area contributed by atoms with E-state index in [0.29, 0.717) is 6.42 Å². The summed E-state index contributed by atoms with van der Waals surface area (Å²) in [5.41, 5.74) is 0. The molecule has 1 atom stereocenters. The molecule has 0 N–H and O–H groups in total. The standard InChI is InChI=1S/C15H19N3OS/c1-13(6-7-16)17-8-10-18(11-9-17)15(19)5-4-14-3-2-12-20-14/h2-5,12-13H,6,8-11H2,1H3. The van der Waals surface area contributed by atoms with Gasteiger partial charge in [0.1, 0.15) is 0 Å². The van der Waals surface area contributed by atoms with Gasteiger partial charge >= 0.3 is 0 Å². The van der Waals surface area contributed by atoms with E-state index in [1.165, 1.54) is 0 Å². The quantitative estimate of drug-likeness (QED) is 0.798. The summed E-state index contributed by atoms with van der Waals surface area (Å²) in [6.45, 7) is 5.24. The fraction of sp³-hybridized carbons (Fsp3) is 0.467. The van der Waals surface area contributed by atoms with Crippen molar-refractivity contribution in [3.8, 4) is 6.07 Å². The Morgan fingerprint density at radius 3 is 2.85 bits per heavy atom. The molecule has 1 saturated heterocycles. The lowest BCUT2D eigenvalue weighted by Gasteiger charge is -2.37. The number of nitrogens with zero attached hydrogens (tertiary/aromatic N) is 3. The largest absolute Gasteiger partial charge is 0.337 e. The summed E-state index contributed by atoms with van der Waals surface area (Å²) in [5, 5.41) is 10.7. The van der Waals surface area contributed by atoms with Crippen molar-refractivity contribution in [2.75, 3.05) is 26.2 Å². The highest BCUT2D eigenvalue weighted by Gasteiger charge is 2.22. The molecule has 2 heterocycles. The third-order valence-electron chi connectivity index (χ3n) is 3.57. The molecular weight excluding hydrogens is 270 g/mol. The van der Waals surface area contributed by atoms with Crippen LogP contribution in [0.25, 0.3) is 6.08 Å². The lowest BCUT2D eigenvalue weighted by Crippen LogP contribution is -2.50. The van der Waals surface area contributed by atoms with Gasteiger partial charge in [-0.3, -0.25) is 9.69 Å². The van der Waals surface area contributed by atoms with E-state index in [-0.39, 0.29) is 11.9 Å². The van der Waals surface area contributed by atoms with Crippen LogP contribution in [0.15, 0.2) is 23.6 Å². The van der Waals surface area contributed by atoms with Gasteiger partial charge < -0.3 is 4.90 Å². The molecule has 0 bridgehead atoms. The molecule has 0 aromatic carbocycles. The Kier molecular flexibility index (Phi) is 5.33. The summed E-state index contributed by atoms with van der Waals surface area (Å²) in [5.74, 6) is 0.0750. The summed E-state index contributed by atoms with van der Waals surface area (Å²) >= 11 is 1.62. The number of piperazine rings is 1. The maximum Gasteiger partial charge on any atom is 0.246 e. The molecule has 2 rings (SSSR count). The fourth-order valence-corrected chi connectivity index (χ4v) is 2.91. The summed E-state index contributed by atoms with van der Waals surface area (Å²) < 4.78 is 0. The Morgan fingerprint density at radius 2 is 2.25 bits per heavy atom. The van der Waals surface area contributed by atoms with Gasteiger partial charge in [-0.1, -0.05) is 6.07 Å². The number of amides is 1. The van der Waals surface area contributed by atoms with E-state index < -0.39 is 0 Å². The minimum Gasteiger partial charge on any atom is -0.337 e. The number of carbonyl (C=O) groups is 1. The fourth-order valence-electron chi connectivity index (χ4n) is 2.29. The minimum absolute atomic E-state index is 0.0750. The average Bonchev–Trinajstić information content (AvgIpc) is 2.98. The average molecular weight is 289 g/mol.